The largest absolute Gasteiger partial charge is 0.302 e. The maximum atomic E-state index is 6.05. The second-order valence-corrected chi connectivity index (χ2v) is 6.99. The third-order valence-electron chi connectivity index (χ3n) is 4.14. The fourth-order valence-corrected chi connectivity index (χ4v) is 4.16. The van der Waals surface area contributed by atoms with Crippen LogP contribution in [0.25, 0.3) is 0 Å². The summed E-state index contributed by atoms with van der Waals surface area (Å²) in [5.41, 5.74) is 1.78. The predicted octanol–water partition coefficient (Wildman–Crippen LogP) is 5.12. The van der Waals surface area contributed by atoms with Crippen molar-refractivity contribution < 1.29 is 0 Å². The van der Waals surface area contributed by atoms with Gasteiger partial charge in [-0.15, -0.1) is 0 Å². The summed E-state index contributed by atoms with van der Waals surface area (Å²) in [6, 6.07) is 8.20. The van der Waals surface area contributed by atoms with E-state index in [1.54, 1.807) is 0 Å². The van der Waals surface area contributed by atoms with Crippen molar-refractivity contribution in [3.8, 4) is 0 Å². The molecule has 0 heterocycles. The highest BCUT2D eigenvalue weighted by molar-refractivity contribution is 9.09. The van der Waals surface area contributed by atoms with E-state index in [0.717, 1.165) is 16.9 Å². The van der Waals surface area contributed by atoms with Crippen LogP contribution in [-0.2, 0) is 6.54 Å². The van der Waals surface area contributed by atoms with Crippen LogP contribution in [0, 0.1) is 5.41 Å². The predicted molar refractivity (Wildman–Crippen MR) is 87.1 cm³/mol. The van der Waals surface area contributed by atoms with E-state index >= 15 is 0 Å². The van der Waals surface area contributed by atoms with Gasteiger partial charge in [0.25, 0.3) is 0 Å². The lowest BCUT2D eigenvalue weighted by molar-refractivity contribution is 0.141. The minimum absolute atomic E-state index is 0.478. The van der Waals surface area contributed by atoms with Gasteiger partial charge in [0.05, 0.1) is 0 Å². The van der Waals surface area contributed by atoms with Crippen LogP contribution in [0.15, 0.2) is 24.3 Å². The van der Waals surface area contributed by atoms with Crippen LogP contribution in [0.2, 0.25) is 5.02 Å². The Kier molecular flexibility index (Phi) is 5.73. The molecule has 0 radical (unpaired) electrons. The first kappa shape index (κ1) is 15.3. The van der Waals surface area contributed by atoms with Crippen LogP contribution in [0.1, 0.15) is 37.7 Å². The summed E-state index contributed by atoms with van der Waals surface area (Å²) in [5, 5.41) is 1.96. The van der Waals surface area contributed by atoms with Gasteiger partial charge in [-0.1, -0.05) is 58.9 Å². The summed E-state index contributed by atoms with van der Waals surface area (Å²) < 4.78 is 0. The summed E-state index contributed by atoms with van der Waals surface area (Å²) in [6.45, 7) is 2.15. The standard InChI is InChI=1S/C16H23BrClN/c1-19(11-14-6-5-7-15(18)10-14)13-16(12-17)8-3-2-4-9-16/h5-7,10H,2-4,8-9,11-13H2,1H3. The molecule has 0 spiro atoms. The van der Waals surface area contributed by atoms with Gasteiger partial charge in [0, 0.05) is 23.4 Å². The molecule has 0 N–H and O–H groups in total. The molecular formula is C16H23BrClN. The lowest BCUT2D eigenvalue weighted by atomic mass is 9.75. The Morgan fingerprint density at radius 3 is 2.63 bits per heavy atom. The number of halogens is 2. The third-order valence-corrected chi connectivity index (χ3v) is 5.57. The van der Waals surface area contributed by atoms with Gasteiger partial charge in [-0.05, 0) is 43.0 Å². The van der Waals surface area contributed by atoms with Crippen LogP contribution in [0.3, 0.4) is 0 Å². The maximum absolute atomic E-state index is 6.05. The molecule has 106 valence electrons. The highest BCUT2D eigenvalue weighted by atomic mass is 79.9. The first-order valence-electron chi connectivity index (χ1n) is 7.13. The fraction of sp³-hybridized carbons (Fsp3) is 0.625. The van der Waals surface area contributed by atoms with E-state index in [2.05, 4.69) is 40.0 Å². The van der Waals surface area contributed by atoms with Crippen molar-refractivity contribution in [3.05, 3.63) is 34.9 Å². The van der Waals surface area contributed by atoms with Crippen molar-refractivity contribution >= 4 is 27.5 Å². The number of rotatable bonds is 5. The summed E-state index contributed by atoms with van der Waals surface area (Å²) in [7, 11) is 2.22. The van der Waals surface area contributed by atoms with Crippen LogP contribution in [-0.4, -0.2) is 23.8 Å². The van der Waals surface area contributed by atoms with Crippen molar-refractivity contribution in [1.29, 1.82) is 0 Å². The molecule has 0 unspecified atom stereocenters. The molecule has 3 heteroatoms. The summed E-state index contributed by atoms with van der Waals surface area (Å²) in [6.07, 6.45) is 6.90. The Hall–Kier alpha value is -0.0500. The fourth-order valence-electron chi connectivity index (χ4n) is 3.21. The van der Waals surface area contributed by atoms with Crippen molar-refractivity contribution in [3.63, 3.8) is 0 Å². The number of benzene rings is 1. The Labute approximate surface area is 130 Å². The molecule has 1 aromatic rings. The summed E-state index contributed by atoms with van der Waals surface area (Å²) >= 11 is 9.79. The molecule has 0 aromatic heterocycles. The second kappa shape index (κ2) is 7.10. The highest BCUT2D eigenvalue weighted by Crippen LogP contribution is 2.38. The lowest BCUT2D eigenvalue weighted by Gasteiger charge is -2.39. The Balaban J connectivity index is 1.94. The normalized spacial score (nSPS) is 18.7. The Morgan fingerprint density at radius 2 is 2.00 bits per heavy atom. The summed E-state index contributed by atoms with van der Waals surface area (Å²) in [5.74, 6) is 0. The Bertz CT molecular complexity index is 401. The first-order chi connectivity index (χ1) is 9.13. The summed E-state index contributed by atoms with van der Waals surface area (Å²) in [4.78, 5) is 2.44. The molecule has 2 rings (SSSR count). The van der Waals surface area contributed by atoms with Gasteiger partial charge in [-0.25, -0.2) is 0 Å². The molecule has 1 fully saturated rings. The van der Waals surface area contributed by atoms with Gasteiger partial charge in [-0.2, -0.15) is 0 Å². The zero-order valence-corrected chi connectivity index (χ0v) is 14.0. The van der Waals surface area contributed by atoms with Gasteiger partial charge in [0.15, 0.2) is 0 Å². The van der Waals surface area contributed by atoms with Gasteiger partial charge in [0.1, 0.15) is 0 Å². The second-order valence-electron chi connectivity index (χ2n) is 6.00. The number of hydrogen-bond donors (Lipinski definition) is 0. The minimum atomic E-state index is 0.478. The van der Waals surface area contributed by atoms with Gasteiger partial charge >= 0.3 is 0 Å². The quantitative estimate of drug-likeness (QED) is 0.670. The average Bonchev–Trinajstić information content (AvgIpc) is 2.39. The molecule has 0 atom stereocenters. The molecule has 1 aromatic carbocycles. The zero-order chi connectivity index (χ0) is 13.7. The zero-order valence-electron chi connectivity index (χ0n) is 11.7. The molecule has 1 nitrogen and oxygen atoms in total. The van der Waals surface area contributed by atoms with E-state index in [0.29, 0.717) is 5.41 Å². The van der Waals surface area contributed by atoms with E-state index in [1.807, 2.05) is 12.1 Å². The van der Waals surface area contributed by atoms with Crippen LogP contribution < -0.4 is 0 Å². The topological polar surface area (TPSA) is 3.24 Å². The van der Waals surface area contributed by atoms with Crippen LogP contribution in [0.5, 0.6) is 0 Å². The smallest absolute Gasteiger partial charge is 0.0409 e. The van der Waals surface area contributed by atoms with Gasteiger partial charge < -0.3 is 4.90 Å². The van der Waals surface area contributed by atoms with E-state index < -0.39 is 0 Å². The number of nitrogens with zero attached hydrogens (tertiary/aromatic N) is 1. The lowest BCUT2D eigenvalue weighted by Crippen LogP contribution is -2.38. The molecule has 1 aliphatic carbocycles. The Morgan fingerprint density at radius 1 is 1.26 bits per heavy atom. The van der Waals surface area contributed by atoms with Crippen LogP contribution in [0.4, 0.5) is 0 Å². The van der Waals surface area contributed by atoms with Crippen molar-refractivity contribution in [1.82, 2.24) is 4.90 Å². The minimum Gasteiger partial charge on any atom is -0.302 e. The number of hydrogen-bond acceptors (Lipinski definition) is 1. The molecule has 0 aliphatic heterocycles. The third kappa shape index (κ3) is 4.47. The van der Waals surface area contributed by atoms with E-state index in [-0.39, 0.29) is 0 Å². The maximum Gasteiger partial charge on any atom is 0.0409 e. The van der Waals surface area contributed by atoms with E-state index in [1.165, 1.54) is 44.2 Å². The van der Waals surface area contributed by atoms with Crippen LogP contribution >= 0.6 is 27.5 Å². The average molecular weight is 345 g/mol. The SMILES string of the molecule is CN(Cc1cccc(Cl)c1)CC1(CBr)CCCCC1. The van der Waals surface area contributed by atoms with Gasteiger partial charge in [-0.3, -0.25) is 0 Å². The first-order valence-corrected chi connectivity index (χ1v) is 8.62. The molecule has 1 aliphatic rings. The van der Waals surface area contributed by atoms with E-state index in [4.69, 9.17) is 11.6 Å². The van der Waals surface area contributed by atoms with Crippen molar-refractivity contribution in [2.45, 2.75) is 38.6 Å². The van der Waals surface area contributed by atoms with Crippen molar-refractivity contribution in [2.24, 2.45) is 5.41 Å². The van der Waals surface area contributed by atoms with Crippen molar-refractivity contribution in [2.75, 3.05) is 18.9 Å². The molecule has 0 amide bonds. The highest BCUT2D eigenvalue weighted by Gasteiger charge is 2.31. The molecule has 1 saturated carbocycles. The molecule has 0 bridgehead atoms. The molecular weight excluding hydrogens is 322 g/mol. The molecule has 19 heavy (non-hydrogen) atoms. The monoisotopic (exact) mass is 343 g/mol. The van der Waals surface area contributed by atoms with Gasteiger partial charge in [0.2, 0.25) is 0 Å². The number of alkyl halides is 1. The molecule has 0 saturated heterocycles. The van der Waals surface area contributed by atoms with E-state index in [9.17, 15) is 0 Å².